The second-order valence-electron chi connectivity index (χ2n) is 4.67. The van der Waals surface area contributed by atoms with Crippen LogP contribution in [0, 0.1) is 0 Å². The summed E-state index contributed by atoms with van der Waals surface area (Å²) in [5.41, 5.74) is 1.25. The van der Waals surface area contributed by atoms with Crippen molar-refractivity contribution in [2.75, 3.05) is 26.0 Å². The maximum absolute atomic E-state index is 9.83. The minimum absolute atomic E-state index is 0.327. The smallest absolute Gasteiger partial charge is 0.119 e. The molecular formula is C15H25NO2S. The van der Waals surface area contributed by atoms with Crippen LogP contribution in [0.5, 0.6) is 5.75 Å². The van der Waals surface area contributed by atoms with E-state index in [9.17, 15) is 5.11 Å². The number of thioether (sulfide) groups is 1. The molecule has 0 radical (unpaired) electrons. The lowest BCUT2D eigenvalue weighted by Gasteiger charge is -2.15. The number of aliphatic hydroxyl groups is 1. The molecule has 0 aliphatic rings. The van der Waals surface area contributed by atoms with E-state index in [2.05, 4.69) is 31.5 Å². The minimum Gasteiger partial charge on any atom is -0.491 e. The first-order chi connectivity index (χ1) is 9.15. The molecule has 108 valence electrons. The highest BCUT2D eigenvalue weighted by molar-refractivity contribution is 7.99. The van der Waals surface area contributed by atoms with Gasteiger partial charge < -0.3 is 15.2 Å². The third kappa shape index (κ3) is 6.85. The highest BCUT2D eigenvalue weighted by Crippen LogP contribution is 2.13. The van der Waals surface area contributed by atoms with Crippen molar-refractivity contribution >= 4 is 11.8 Å². The summed E-state index contributed by atoms with van der Waals surface area (Å²) in [6, 6.07) is 8.01. The lowest BCUT2D eigenvalue weighted by Crippen LogP contribution is -2.34. The Morgan fingerprint density at radius 3 is 2.84 bits per heavy atom. The van der Waals surface area contributed by atoms with Gasteiger partial charge in [-0.3, -0.25) is 0 Å². The van der Waals surface area contributed by atoms with Gasteiger partial charge in [-0.15, -0.1) is 0 Å². The third-order valence-corrected chi connectivity index (χ3v) is 3.93. The molecule has 0 amide bonds. The maximum atomic E-state index is 9.83. The predicted molar refractivity (Wildman–Crippen MR) is 83.2 cm³/mol. The summed E-state index contributed by atoms with van der Waals surface area (Å²) in [6.07, 6.45) is 2.61. The van der Waals surface area contributed by atoms with Gasteiger partial charge >= 0.3 is 0 Å². The molecule has 3 nitrogen and oxygen atoms in total. The van der Waals surface area contributed by atoms with Crippen molar-refractivity contribution in [2.45, 2.75) is 31.6 Å². The van der Waals surface area contributed by atoms with E-state index < -0.39 is 6.10 Å². The largest absolute Gasteiger partial charge is 0.491 e. The zero-order valence-electron chi connectivity index (χ0n) is 12.1. The normalized spacial score (nSPS) is 14.1. The van der Waals surface area contributed by atoms with Gasteiger partial charge in [0.1, 0.15) is 18.5 Å². The zero-order valence-corrected chi connectivity index (χ0v) is 12.9. The molecule has 0 saturated carbocycles. The van der Waals surface area contributed by atoms with E-state index in [1.165, 1.54) is 5.56 Å². The van der Waals surface area contributed by atoms with Gasteiger partial charge in [-0.05, 0) is 30.4 Å². The number of nitrogens with one attached hydrogen (secondary N) is 1. The van der Waals surface area contributed by atoms with Crippen molar-refractivity contribution < 1.29 is 9.84 Å². The zero-order chi connectivity index (χ0) is 14.1. The van der Waals surface area contributed by atoms with Gasteiger partial charge in [0.2, 0.25) is 0 Å². The lowest BCUT2D eigenvalue weighted by atomic mass is 10.2. The Bertz CT molecular complexity index is 360. The Hall–Kier alpha value is -0.710. The summed E-state index contributed by atoms with van der Waals surface area (Å²) < 4.78 is 5.60. The molecule has 0 saturated heterocycles. The van der Waals surface area contributed by atoms with Crippen molar-refractivity contribution in [3.8, 4) is 5.75 Å². The Labute approximate surface area is 120 Å². The standard InChI is InChI=1S/C15H25NO2S/c1-4-13-6-5-7-15(8-13)18-11-14(17)10-16-9-12(2)19-3/h5-8,12,14,16-17H,4,9-11H2,1-3H3. The fraction of sp³-hybridized carbons (Fsp3) is 0.600. The third-order valence-electron chi connectivity index (χ3n) is 2.96. The number of hydrogen-bond donors (Lipinski definition) is 2. The summed E-state index contributed by atoms with van der Waals surface area (Å²) >= 11 is 1.82. The number of aryl methyl sites for hydroxylation is 1. The highest BCUT2D eigenvalue weighted by Gasteiger charge is 2.06. The quantitative estimate of drug-likeness (QED) is 0.730. The Balaban J connectivity index is 2.23. The van der Waals surface area contributed by atoms with Crippen LogP contribution >= 0.6 is 11.8 Å². The van der Waals surface area contributed by atoms with Gasteiger partial charge in [-0.25, -0.2) is 0 Å². The molecular weight excluding hydrogens is 258 g/mol. The van der Waals surface area contributed by atoms with Crippen LogP contribution in [0.2, 0.25) is 0 Å². The van der Waals surface area contributed by atoms with E-state index in [0.717, 1.165) is 18.7 Å². The Morgan fingerprint density at radius 2 is 2.16 bits per heavy atom. The summed E-state index contributed by atoms with van der Waals surface area (Å²) in [7, 11) is 0. The van der Waals surface area contributed by atoms with Crippen molar-refractivity contribution in [2.24, 2.45) is 0 Å². The molecule has 19 heavy (non-hydrogen) atoms. The van der Waals surface area contributed by atoms with Crippen molar-refractivity contribution in [3.63, 3.8) is 0 Å². The van der Waals surface area contributed by atoms with Gasteiger partial charge in [0.05, 0.1) is 0 Å². The molecule has 2 N–H and O–H groups in total. The molecule has 1 rings (SSSR count). The van der Waals surface area contributed by atoms with Crippen LogP contribution in [-0.4, -0.2) is 42.4 Å². The fourth-order valence-corrected chi connectivity index (χ4v) is 1.93. The number of benzene rings is 1. The number of ether oxygens (including phenoxy) is 1. The molecule has 0 fully saturated rings. The van der Waals surface area contributed by atoms with Crippen LogP contribution in [0.25, 0.3) is 0 Å². The van der Waals surface area contributed by atoms with E-state index in [1.807, 2.05) is 30.0 Å². The Morgan fingerprint density at radius 1 is 1.37 bits per heavy atom. The molecule has 0 aliphatic carbocycles. The lowest BCUT2D eigenvalue weighted by molar-refractivity contribution is 0.106. The average molecular weight is 283 g/mol. The van der Waals surface area contributed by atoms with Crippen molar-refractivity contribution in [1.82, 2.24) is 5.32 Å². The SMILES string of the molecule is CCc1cccc(OCC(O)CNCC(C)SC)c1. The molecule has 4 heteroatoms. The van der Waals surface area contributed by atoms with E-state index >= 15 is 0 Å². The summed E-state index contributed by atoms with van der Waals surface area (Å²) in [5.74, 6) is 0.830. The van der Waals surface area contributed by atoms with Crippen LogP contribution in [0.15, 0.2) is 24.3 Å². The van der Waals surface area contributed by atoms with E-state index in [1.54, 1.807) is 0 Å². The highest BCUT2D eigenvalue weighted by atomic mass is 32.2. The number of rotatable bonds is 9. The van der Waals surface area contributed by atoms with Crippen molar-refractivity contribution in [1.29, 1.82) is 0 Å². The van der Waals surface area contributed by atoms with E-state index in [-0.39, 0.29) is 0 Å². The Kier molecular flexibility index (Phi) is 7.94. The van der Waals surface area contributed by atoms with Crippen LogP contribution in [0.1, 0.15) is 19.4 Å². The second-order valence-corrected chi connectivity index (χ2v) is 5.95. The molecule has 1 aromatic rings. The molecule has 0 heterocycles. The van der Waals surface area contributed by atoms with Crippen LogP contribution < -0.4 is 10.1 Å². The van der Waals surface area contributed by atoms with Gasteiger partial charge in [0.15, 0.2) is 0 Å². The van der Waals surface area contributed by atoms with Gasteiger partial charge in [0.25, 0.3) is 0 Å². The molecule has 0 bridgehead atoms. The van der Waals surface area contributed by atoms with E-state index in [4.69, 9.17) is 4.74 Å². The monoisotopic (exact) mass is 283 g/mol. The first-order valence-corrected chi connectivity index (χ1v) is 8.07. The topological polar surface area (TPSA) is 41.5 Å². The van der Waals surface area contributed by atoms with Gasteiger partial charge in [-0.1, -0.05) is 26.0 Å². The number of aliphatic hydroxyl groups excluding tert-OH is 1. The van der Waals surface area contributed by atoms with E-state index in [0.29, 0.717) is 18.4 Å². The molecule has 2 atom stereocenters. The van der Waals surface area contributed by atoms with Gasteiger partial charge in [0, 0.05) is 18.3 Å². The second kappa shape index (κ2) is 9.23. The minimum atomic E-state index is -0.473. The number of hydrogen-bond acceptors (Lipinski definition) is 4. The molecule has 0 aliphatic heterocycles. The van der Waals surface area contributed by atoms with Crippen LogP contribution in [0.3, 0.4) is 0 Å². The molecule has 0 aromatic heterocycles. The molecule has 1 aromatic carbocycles. The maximum Gasteiger partial charge on any atom is 0.119 e. The first kappa shape index (κ1) is 16.3. The van der Waals surface area contributed by atoms with Crippen LogP contribution in [0.4, 0.5) is 0 Å². The fourth-order valence-electron chi connectivity index (χ4n) is 1.64. The summed E-state index contributed by atoms with van der Waals surface area (Å²) in [6.45, 7) is 6.08. The first-order valence-electron chi connectivity index (χ1n) is 6.79. The van der Waals surface area contributed by atoms with Crippen LogP contribution in [-0.2, 0) is 6.42 Å². The predicted octanol–water partition coefficient (Wildman–Crippen LogP) is 2.33. The summed E-state index contributed by atoms with van der Waals surface area (Å²) in [4.78, 5) is 0. The van der Waals surface area contributed by atoms with Crippen molar-refractivity contribution in [3.05, 3.63) is 29.8 Å². The summed E-state index contributed by atoms with van der Waals surface area (Å²) in [5, 5.41) is 13.6. The average Bonchev–Trinajstić information content (AvgIpc) is 2.45. The van der Waals surface area contributed by atoms with Gasteiger partial charge in [-0.2, -0.15) is 11.8 Å². The molecule has 2 unspecified atom stereocenters. The molecule has 0 spiro atoms.